The summed E-state index contributed by atoms with van der Waals surface area (Å²) >= 11 is 0. The Bertz CT molecular complexity index is 2750. The molecule has 2 nitrogen and oxygen atoms in total. The number of aryl methyl sites for hydroxylation is 10. The van der Waals surface area contributed by atoms with Crippen LogP contribution in [-0.4, -0.2) is 0 Å². The van der Waals surface area contributed by atoms with E-state index >= 15 is 0 Å². The standard InChI is InChI=1S/C71H88N2/c1-12-15-18-21-22-25-38-71(60-46-58(30-23-19-16-13-2)45-59(47-60)31-24-20-17-14-3)67-48-63(72(61-32-26-28-50(4)43-61)69-54(8)39-52(6)40-55(69)9)34-36-65(67)66-37-35-64(49-68(66)71)73(62-33-27-29-51(5)44-62)70-56(10)41-53(7)42-57(70)11/h26-29,32-37,39-49H,12-25,30-31,38H2,1-11H3. The molecule has 8 rings (SSSR count). The summed E-state index contributed by atoms with van der Waals surface area (Å²) in [6.45, 7) is 25.1. The first-order valence-corrected chi connectivity index (χ1v) is 28.7. The van der Waals surface area contributed by atoms with Gasteiger partial charge < -0.3 is 9.80 Å². The van der Waals surface area contributed by atoms with Gasteiger partial charge in [0, 0.05) is 28.2 Å². The van der Waals surface area contributed by atoms with Crippen molar-refractivity contribution in [3.8, 4) is 11.1 Å². The zero-order valence-corrected chi connectivity index (χ0v) is 47.0. The molecule has 0 saturated carbocycles. The van der Waals surface area contributed by atoms with Gasteiger partial charge in [-0.25, -0.2) is 0 Å². The van der Waals surface area contributed by atoms with Crippen molar-refractivity contribution in [2.24, 2.45) is 0 Å². The van der Waals surface area contributed by atoms with Crippen LogP contribution in [0, 0.1) is 55.4 Å². The van der Waals surface area contributed by atoms with Crippen molar-refractivity contribution in [1.82, 2.24) is 0 Å². The maximum Gasteiger partial charge on any atom is 0.0520 e. The molecular weight excluding hydrogens is 881 g/mol. The number of nitrogens with zero attached hydrogens (tertiary/aromatic N) is 2. The van der Waals surface area contributed by atoms with E-state index in [1.807, 2.05) is 0 Å². The van der Waals surface area contributed by atoms with E-state index in [-0.39, 0.29) is 5.41 Å². The minimum absolute atomic E-state index is 0.385. The maximum atomic E-state index is 2.69. The summed E-state index contributed by atoms with van der Waals surface area (Å²) in [4.78, 5) is 5.15. The van der Waals surface area contributed by atoms with Gasteiger partial charge in [0.2, 0.25) is 0 Å². The summed E-state index contributed by atoms with van der Waals surface area (Å²) in [6, 6.07) is 50.9. The van der Waals surface area contributed by atoms with Gasteiger partial charge in [-0.2, -0.15) is 0 Å². The number of benzene rings is 7. The van der Waals surface area contributed by atoms with Crippen molar-refractivity contribution in [2.75, 3.05) is 9.80 Å². The number of rotatable bonds is 24. The molecule has 0 aliphatic heterocycles. The van der Waals surface area contributed by atoms with E-state index < -0.39 is 0 Å². The van der Waals surface area contributed by atoms with Crippen LogP contribution in [0.15, 0.2) is 127 Å². The highest BCUT2D eigenvalue weighted by Gasteiger charge is 2.45. The second-order valence-corrected chi connectivity index (χ2v) is 22.4. The van der Waals surface area contributed by atoms with Gasteiger partial charge in [-0.15, -0.1) is 0 Å². The Hall–Kier alpha value is -5.86. The fourth-order valence-corrected chi connectivity index (χ4v) is 12.8. The van der Waals surface area contributed by atoms with E-state index in [4.69, 9.17) is 0 Å². The van der Waals surface area contributed by atoms with Gasteiger partial charge in [-0.1, -0.05) is 188 Å². The van der Waals surface area contributed by atoms with E-state index in [0.717, 1.165) is 19.3 Å². The number of anilines is 6. The van der Waals surface area contributed by atoms with Gasteiger partial charge in [0.15, 0.2) is 0 Å². The summed E-state index contributed by atoms with van der Waals surface area (Å²) in [7, 11) is 0. The molecule has 382 valence electrons. The number of hydrogen-bond acceptors (Lipinski definition) is 2. The van der Waals surface area contributed by atoms with Crippen LogP contribution in [0.3, 0.4) is 0 Å². The van der Waals surface area contributed by atoms with E-state index in [2.05, 4.69) is 213 Å². The van der Waals surface area contributed by atoms with Gasteiger partial charge in [0.05, 0.1) is 11.4 Å². The average molecular weight is 969 g/mol. The average Bonchev–Trinajstić information content (AvgIpc) is 3.63. The highest BCUT2D eigenvalue weighted by molar-refractivity contribution is 5.91. The fraction of sp³-hybridized carbons (Fsp3) is 0.408. The largest absolute Gasteiger partial charge is 0.310 e. The van der Waals surface area contributed by atoms with Crippen LogP contribution < -0.4 is 9.80 Å². The summed E-state index contributed by atoms with van der Waals surface area (Å²) < 4.78 is 0. The Balaban J connectivity index is 1.44. The summed E-state index contributed by atoms with van der Waals surface area (Å²) in [5, 5.41) is 0. The zero-order chi connectivity index (χ0) is 51.6. The van der Waals surface area contributed by atoms with Crippen molar-refractivity contribution in [3.05, 3.63) is 200 Å². The van der Waals surface area contributed by atoms with Crippen LogP contribution in [0.4, 0.5) is 34.1 Å². The quantitative estimate of drug-likeness (QED) is 0.0557. The van der Waals surface area contributed by atoms with Crippen LogP contribution in [0.5, 0.6) is 0 Å². The molecule has 0 radical (unpaired) electrons. The van der Waals surface area contributed by atoms with Crippen LogP contribution in [0.25, 0.3) is 11.1 Å². The SMILES string of the molecule is CCCCCCCCC1(c2cc(CCCCCC)cc(CCCCCC)c2)c2cc(N(c3cccc(C)c3)c3c(C)cc(C)cc3C)ccc2-c2ccc(N(c3cccc(C)c3)c3c(C)cc(C)cc3C)cc21. The molecule has 0 atom stereocenters. The predicted octanol–water partition coefficient (Wildman–Crippen LogP) is 21.4. The number of fused-ring (bicyclic) bond motifs is 3. The Morgan fingerprint density at radius 3 is 1.14 bits per heavy atom. The molecule has 0 spiro atoms. The molecule has 2 heteroatoms. The molecule has 0 N–H and O–H groups in total. The predicted molar refractivity (Wildman–Crippen MR) is 319 cm³/mol. The van der Waals surface area contributed by atoms with E-state index in [9.17, 15) is 0 Å². The Labute approximate surface area is 443 Å². The highest BCUT2D eigenvalue weighted by Crippen LogP contribution is 2.58. The molecule has 0 fully saturated rings. The van der Waals surface area contributed by atoms with Gasteiger partial charge >= 0.3 is 0 Å². The lowest BCUT2D eigenvalue weighted by Crippen LogP contribution is -2.28. The van der Waals surface area contributed by atoms with Gasteiger partial charge in [0.1, 0.15) is 0 Å². The Morgan fingerprint density at radius 1 is 0.342 bits per heavy atom. The van der Waals surface area contributed by atoms with E-state index in [0.29, 0.717) is 0 Å². The molecule has 1 aliphatic rings. The first-order chi connectivity index (χ1) is 35.4. The van der Waals surface area contributed by atoms with Crippen molar-refractivity contribution in [2.45, 2.75) is 191 Å². The third-order valence-corrected chi connectivity index (χ3v) is 16.1. The molecule has 7 aromatic carbocycles. The molecular formula is C71H88N2. The number of unbranched alkanes of at least 4 members (excludes halogenated alkanes) is 11. The topological polar surface area (TPSA) is 6.48 Å². The molecule has 0 bridgehead atoms. The van der Waals surface area contributed by atoms with Crippen LogP contribution in [0.2, 0.25) is 0 Å². The molecule has 0 unspecified atom stereocenters. The smallest absolute Gasteiger partial charge is 0.0520 e. The minimum atomic E-state index is -0.385. The van der Waals surface area contributed by atoms with Crippen molar-refractivity contribution in [3.63, 3.8) is 0 Å². The van der Waals surface area contributed by atoms with Gasteiger partial charge in [0.25, 0.3) is 0 Å². The molecule has 0 heterocycles. The second kappa shape index (κ2) is 24.4. The molecule has 73 heavy (non-hydrogen) atoms. The molecule has 0 saturated heterocycles. The lowest BCUT2D eigenvalue weighted by atomic mass is 9.68. The monoisotopic (exact) mass is 969 g/mol. The van der Waals surface area contributed by atoms with E-state index in [1.54, 1.807) is 0 Å². The Morgan fingerprint density at radius 2 is 0.726 bits per heavy atom. The molecule has 7 aromatic rings. The van der Waals surface area contributed by atoms with Crippen molar-refractivity contribution >= 4 is 34.1 Å². The molecule has 1 aliphatic carbocycles. The molecule has 0 aromatic heterocycles. The zero-order valence-electron chi connectivity index (χ0n) is 47.0. The minimum Gasteiger partial charge on any atom is -0.310 e. The van der Waals surface area contributed by atoms with Crippen molar-refractivity contribution < 1.29 is 0 Å². The first-order valence-electron chi connectivity index (χ1n) is 28.7. The number of hydrogen-bond donors (Lipinski definition) is 0. The first kappa shape index (κ1) is 53.4. The maximum absolute atomic E-state index is 2.69. The summed E-state index contributed by atoms with van der Waals surface area (Å²) in [6.07, 6.45) is 21.0. The van der Waals surface area contributed by atoms with Gasteiger partial charge in [-0.3, -0.25) is 0 Å². The van der Waals surface area contributed by atoms with E-state index in [1.165, 1.54) is 207 Å². The van der Waals surface area contributed by atoms with Crippen LogP contribution in [-0.2, 0) is 18.3 Å². The Kier molecular flexibility index (Phi) is 17.9. The fourth-order valence-electron chi connectivity index (χ4n) is 12.8. The van der Waals surface area contributed by atoms with Crippen LogP contribution in [0.1, 0.15) is 189 Å². The summed E-state index contributed by atoms with van der Waals surface area (Å²) in [5.74, 6) is 0. The summed E-state index contributed by atoms with van der Waals surface area (Å²) in [5.41, 5.74) is 27.5. The van der Waals surface area contributed by atoms with Gasteiger partial charge in [-0.05, 0) is 208 Å². The highest BCUT2D eigenvalue weighted by atomic mass is 15.2. The third-order valence-electron chi connectivity index (χ3n) is 16.1. The second-order valence-electron chi connectivity index (χ2n) is 22.4. The van der Waals surface area contributed by atoms with Crippen molar-refractivity contribution in [1.29, 1.82) is 0 Å². The molecule has 0 amide bonds. The lowest BCUT2D eigenvalue weighted by molar-refractivity contribution is 0.505. The lowest BCUT2D eigenvalue weighted by Gasteiger charge is -2.36. The normalized spacial score (nSPS) is 12.5. The third kappa shape index (κ3) is 11.9. The van der Waals surface area contributed by atoms with Crippen LogP contribution >= 0.6 is 0 Å².